The van der Waals surface area contributed by atoms with Crippen LogP contribution in [-0.2, 0) is 6.42 Å². The van der Waals surface area contributed by atoms with Gasteiger partial charge in [0.15, 0.2) is 0 Å². The van der Waals surface area contributed by atoms with Gasteiger partial charge in [-0.3, -0.25) is 9.59 Å². The average molecular weight is 450 g/mol. The zero-order valence-electron chi connectivity index (χ0n) is 18.1. The molecule has 0 atom stereocenters. The molecule has 1 fully saturated rings. The van der Waals surface area contributed by atoms with Crippen molar-refractivity contribution in [2.24, 2.45) is 0 Å². The Balaban J connectivity index is 1.33. The summed E-state index contributed by atoms with van der Waals surface area (Å²) in [5, 5.41) is 12.3. The van der Waals surface area contributed by atoms with Gasteiger partial charge in [-0.25, -0.2) is 0 Å². The molecule has 2 aromatic carbocycles. The van der Waals surface area contributed by atoms with Crippen molar-refractivity contribution in [3.63, 3.8) is 0 Å². The van der Waals surface area contributed by atoms with Gasteiger partial charge in [-0.1, -0.05) is 24.3 Å². The van der Waals surface area contributed by atoms with E-state index in [0.29, 0.717) is 23.4 Å². The SMILES string of the molecule is CN1CCN(C(=O)c2ccc(-c3ccc(C(=O)NCCc4ccc(O)cc4)s3)cc2)CC1. The lowest BCUT2D eigenvalue weighted by atomic mass is 10.1. The summed E-state index contributed by atoms with van der Waals surface area (Å²) in [6.45, 7) is 3.85. The molecule has 3 aromatic rings. The van der Waals surface area contributed by atoms with Gasteiger partial charge >= 0.3 is 0 Å². The fourth-order valence-corrected chi connectivity index (χ4v) is 4.58. The van der Waals surface area contributed by atoms with Crippen molar-refractivity contribution in [1.29, 1.82) is 0 Å². The summed E-state index contributed by atoms with van der Waals surface area (Å²) in [5.41, 5.74) is 2.75. The summed E-state index contributed by atoms with van der Waals surface area (Å²) in [6.07, 6.45) is 0.701. The fraction of sp³-hybridized carbons (Fsp3) is 0.280. The van der Waals surface area contributed by atoms with Gasteiger partial charge in [0.25, 0.3) is 11.8 Å². The van der Waals surface area contributed by atoms with Gasteiger partial charge in [-0.05, 0) is 61.0 Å². The summed E-state index contributed by atoms with van der Waals surface area (Å²) in [5.74, 6) is 0.215. The van der Waals surface area contributed by atoms with E-state index in [1.807, 2.05) is 53.4 Å². The number of benzene rings is 2. The quantitative estimate of drug-likeness (QED) is 0.604. The van der Waals surface area contributed by atoms with Crippen LogP contribution in [0.2, 0.25) is 0 Å². The Kier molecular flexibility index (Phi) is 6.87. The summed E-state index contributed by atoms with van der Waals surface area (Å²) in [7, 11) is 2.07. The van der Waals surface area contributed by atoms with Crippen LogP contribution in [0.5, 0.6) is 5.75 Å². The minimum absolute atomic E-state index is 0.0736. The number of piperazine rings is 1. The van der Waals surface area contributed by atoms with Crippen molar-refractivity contribution in [1.82, 2.24) is 15.1 Å². The molecule has 2 N–H and O–H groups in total. The number of hydrogen-bond donors (Lipinski definition) is 2. The summed E-state index contributed by atoms with van der Waals surface area (Å²) in [4.78, 5) is 31.0. The van der Waals surface area contributed by atoms with E-state index in [4.69, 9.17) is 0 Å². The average Bonchev–Trinajstić information content (AvgIpc) is 3.31. The highest BCUT2D eigenvalue weighted by Gasteiger charge is 2.20. The predicted octanol–water partition coefficient (Wildman–Crippen LogP) is 3.48. The van der Waals surface area contributed by atoms with Crippen LogP contribution in [0, 0.1) is 0 Å². The van der Waals surface area contributed by atoms with Gasteiger partial charge in [0.05, 0.1) is 4.88 Å². The third kappa shape index (κ3) is 5.36. The number of likely N-dealkylation sites (N-methyl/N-ethyl adjacent to an activating group) is 1. The molecule has 1 aliphatic heterocycles. The van der Waals surface area contributed by atoms with Gasteiger partial charge in [0.1, 0.15) is 5.75 Å². The third-order valence-corrected chi connectivity index (χ3v) is 6.81. The second kappa shape index (κ2) is 9.97. The Hall–Kier alpha value is -3.16. The molecule has 0 radical (unpaired) electrons. The zero-order valence-corrected chi connectivity index (χ0v) is 18.9. The van der Waals surface area contributed by atoms with Crippen LogP contribution in [0.3, 0.4) is 0 Å². The zero-order chi connectivity index (χ0) is 22.5. The van der Waals surface area contributed by atoms with E-state index >= 15 is 0 Å². The van der Waals surface area contributed by atoms with E-state index in [1.165, 1.54) is 11.3 Å². The standard InChI is InChI=1S/C25H27N3O3S/c1-27-14-16-28(17-15-27)25(31)20-6-4-19(5-7-20)22-10-11-23(32-22)24(30)26-13-12-18-2-8-21(29)9-3-18/h2-11,29H,12-17H2,1H3,(H,26,30). The molecule has 0 aliphatic carbocycles. The number of nitrogens with one attached hydrogen (secondary N) is 1. The second-order valence-corrected chi connectivity index (χ2v) is 9.09. The van der Waals surface area contributed by atoms with Crippen LogP contribution in [0.15, 0.2) is 60.7 Å². The molecular formula is C25H27N3O3S. The van der Waals surface area contributed by atoms with Crippen LogP contribution in [0.25, 0.3) is 10.4 Å². The van der Waals surface area contributed by atoms with E-state index < -0.39 is 0 Å². The smallest absolute Gasteiger partial charge is 0.261 e. The highest BCUT2D eigenvalue weighted by atomic mass is 32.1. The number of phenolic OH excluding ortho intramolecular Hbond substituents is 1. The number of carbonyl (C=O) groups is 2. The number of rotatable bonds is 6. The molecule has 2 amide bonds. The van der Waals surface area contributed by atoms with Crippen LogP contribution in [-0.4, -0.2) is 66.5 Å². The van der Waals surface area contributed by atoms with E-state index in [1.54, 1.807) is 12.1 Å². The molecule has 166 valence electrons. The molecule has 1 saturated heterocycles. The number of hydrogen-bond acceptors (Lipinski definition) is 5. The van der Waals surface area contributed by atoms with Gasteiger partial charge in [0, 0.05) is 43.2 Å². The maximum Gasteiger partial charge on any atom is 0.261 e. The minimum Gasteiger partial charge on any atom is -0.508 e. The highest BCUT2D eigenvalue weighted by molar-refractivity contribution is 7.17. The Morgan fingerprint density at radius 3 is 2.31 bits per heavy atom. The first-order chi connectivity index (χ1) is 15.5. The van der Waals surface area contributed by atoms with Crippen LogP contribution >= 0.6 is 11.3 Å². The summed E-state index contributed by atoms with van der Waals surface area (Å²) < 4.78 is 0. The van der Waals surface area contributed by atoms with Crippen molar-refractivity contribution in [3.8, 4) is 16.2 Å². The second-order valence-electron chi connectivity index (χ2n) is 8.01. The molecular weight excluding hydrogens is 422 g/mol. The first-order valence-electron chi connectivity index (χ1n) is 10.7. The Morgan fingerprint density at radius 1 is 0.938 bits per heavy atom. The Labute approximate surface area is 192 Å². The third-order valence-electron chi connectivity index (χ3n) is 5.67. The normalized spacial score (nSPS) is 14.3. The topological polar surface area (TPSA) is 72.9 Å². The predicted molar refractivity (Wildman–Crippen MR) is 127 cm³/mol. The Morgan fingerprint density at radius 2 is 1.62 bits per heavy atom. The number of amides is 2. The first kappa shape index (κ1) is 22.0. The van der Waals surface area contributed by atoms with Gasteiger partial charge in [-0.15, -0.1) is 11.3 Å². The maximum absolute atomic E-state index is 12.7. The number of phenols is 1. The van der Waals surface area contributed by atoms with Crippen molar-refractivity contribution >= 4 is 23.2 Å². The van der Waals surface area contributed by atoms with Crippen LogP contribution in [0.4, 0.5) is 0 Å². The van der Waals surface area contributed by atoms with E-state index in [-0.39, 0.29) is 17.6 Å². The maximum atomic E-state index is 12.7. The molecule has 6 nitrogen and oxygen atoms in total. The minimum atomic E-state index is -0.0955. The Bertz CT molecular complexity index is 1070. The number of carbonyl (C=O) groups excluding carboxylic acids is 2. The number of thiophene rings is 1. The van der Waals surface area contributed by atoms with Gasteiger partial charge < -0.3 is 20.2 Å². The molecule has 0 bridgehead atoms. The molecule has 32 heavy (non-hydrogen) atoms. The molecule has 1 aromatic heterocycles. The first-order valence-corrected chi connectivity index (χ1v) is 11.6. The van der Waals surface area contributed by atoms with Crippen molar-refractivity contribution in [2.45, 2.75) is 6.42 Å². The lowest BCUT2D eigenvalue weighted by molar-refractivity contribution is 0.0664. The van der Waals surface area contributed by atoms with Crippen LogP contribution in [0.1, 0.15) is 25.6 Å². The lowest BCUT2D eigenvalue weighted by Crippen LogP contribution is -2.47. The van der Waals surface area contributed by atoms with Crippen molar-refractivity contribution in [3.05, 3.63) is 76.7 Å². The molecule has 0 spiro atoms. The molecule has 7 heteroatoms. The summed E-state index contributed by atoms with van der Waals surface area (Å²) in [6, 6.07) is 18.4. The number of aromatic hydroxyl groups is 1. The van der Waals surface area contributed by atoms with E-state index in [0.717, 1.165) is 42.2 Å². The molecule has 1 aliphatic rings. The molecule has 0 unspecified atom stereocenters. The van der Waals surface area contributed by atoms with Crippen LogP contribution < -0.4 is 5.32 Å². The van der Waals surface area contributed by atoms with E-state index in [2.05, 4.69) is 17.3 Å². The van der Waals surface area contributed by atoms with Crippen molar-refractivity contribution in [2.75, 3.05) is 39.8 Å². The summed E-state index contributed by atoms with van der Waals surface area (Å²) >= 11 is 1.44. The van der Waals surface area contributed by atoms with Gasteiger partial charge in [-0.2, -0.15) is 0 Å². The van der Waals surface area contributed by atoms with E-state index in [9.17, 15) is 14.7 Å². The van der Waals surface area contributed by atoms with Crippen molar-refractivity contribution < 1.29 is 14.7 Å². The molecule has 4 rings (SSSR count). The largest absolute Gasteiger partial charge is 0.508 e. The number of nitrogens with zero attached hydrogens (tertiary/aromatic N) is 2. The fourth-order valence-electron chi connectivity index (χ4n) is 3.65. The molecule has 0 saturated carbocycles. The highest BCUT2D eigenvalue weighted by Crippen LogP contribution is 2.28. The molecule has 2 heterocycles. The van der Waals surface area contributed by atoms with Gasteiger partial charge in [0.2, 0.25) is 0 Å². The monoisotopic (exact) mass is 449 g/mol. The lowest BCUT2D eigenvalue weighted by Gasteiger charge is -2.32.